The summed E-state index contributed by atoms with van der Waals surface area (Å²) in [5.41, 5.74) is 0.920. The lowest BCUT2D eigenvalue weighted by atomic mass is 10.2. The predicted molar refractivity (Wildman–Crippen MR) is 102 cm³/mol. The number of carbonyl (C=O) groups is 1. The minimum Gasteiger partial charge on any atom is -0.352 e. The standard InChI is InChI=1S/C18H32N4O3S/c1-5-7-10-22-16(11-19-18(22)26(24,25)6-2)13-21(14(3)4)12-15-8-9-17(23)20-15/h11,14-15H,5-10,12-13H2,1-4H3,(H,20,23). The second-order valence-corrected chi connectivity index (χ2v) is 9.44. The maximum atomic E-state index is 12.4. The van der Waals surface area contributed by atoms with E-state index in [1.165, 1.54) is 0 Å². The molecule has 1 aromatic rings. The van der Waals surface area contributed by atoms with Crippen LogP contribution in [-0.4, -0.2) is 53.2 Å². The number of imidazole rings is 1. The van der Waals surface area contributed by atoms with Crippen LogP contribution in [0.1, 0.15) is 59.1 Å². The van der Waals surface area contributed by atoms with Crippen LogP contribution < -0.4 is 5.32 Å². The smallest absolute Gasteiger partial charge is 0.227 e. The first-order chi connectivity index (χ1) is 12.3. The molecular weight excluding hydrogens is 352 g/mol. The molecule has 7 nitrogen and oxygen atoms in total. The second-order valence-electron chi connectivity index (χ2n) is 7.27. The quantitative estimate of drug-likeness (QED) is 0.667. The zero-order chi connectivity index (χ0) is 19.3. The average Bonchev–Trinajstić information content (AvgIpc) is 3.18. The van der Waals surface area contributed by atoms with Crippen molar-refractivity contribution in [1.82, 2.24) is 19.8 Å². The normalized spacial score (nSPS) is 18.1. The van der Waals surface area contributed by atoms with Crippen molar-refractivity contribution in [2.45, 2.75) is 83.7 Å². The summed E-state index contributed by atoms with van der Waals surface area (Å²) in [6, 6.07) is 0.448. The van der Waals surface area contributed by atoms with Crippen LogP contribution in [0.2, 0.25) is 0 Å². The number of amides is 1. The van der Waals surface area contributed by atoms with Gasteiger partial charge in [0.25, 0.3) is 0 Å². The number of nitrogens with one attached hydrogen (secondary N) is 1. The minimum atomic E-state index is -3.35. The number of hydrogen-bond acceptors (Lipinski definition) is 5. The van der Waals surface area contributed by atoms with Crippen molar-refractivity contribution in [3.05, 3.63) is 11.9 Å². The van der Waals surface area contributed by atoms with Gasteiger partial charge in [-0.15, -0.1) is 0 Å². The third-order valence-corrected chi connectivity index (χ3v) is 6.57. The molecule has 0 bridgehead atoms. The van der Waals surface area contributed by atoms with Crippen molar-refractivity contribution in [2.24, 2.45) is 0 Å². The van der Waals surface area contributed by atoms with Crippen molar-refractivity contribution in [1.29, 1.82) is 0 Å². The monoisotopic (exact) mass is 384 g/mol. The van der Waals surface area contributed by atoms with Crippen LogP contribution >= 0.6 is 0 Å². The largest absolute Gasteiger partial charge is 0.352 e. The third-order valence-electron chi connectivity index (χ3n) is 4.93. The molecule has 0 radical (unpaired) electrons. The van der Waals surface area contributed by atoms with E-state index in [1.807, 2.05) is 4.57 Å². The molecule has 2 heterocycles. The molecule has 8 heteroatoms. The molecule has 1 N–H and O–H groups in total. The van der Waals surface area contributed by atoms with Crippen LogP contribution in [0.3, 0.4) is 0 Å². The molecule has 1 unspecified atom stereocenters. The predicted octanol–water partition coefficient (Wildman–Crippen LogP) is 1.97. The van der Waals surface area contributed by atoms with E-state index in [-0.39, 0.29) is 28.9 Å². The van der Waals surface area contributed by atoms with E-state index >= 15 is 0 Å². The highest BCUT2D eigenvalue weighted by Crippen LogP contribution is 2.19. The van der Waals surface area contributed by atoms with Gasteiger partial charge < -0.3 is 9.88 Å². The number of unbranched alkanes of at least 4 members (excludes halogenated alkanes) is 1. The van der Waals surface area contributed by atoms with Crippen LogP contribution in [0.4, 0.5) is 0 Å². The molecule has 1 aliphatic heterocycles. The Hall–Kier alpha value is -1.41. The van der Waals surface area contributed by atoms with E-state index < -0.39 is 9.84 Å². The summed E-state index contributed by atoms with van der Waals surface area (Å²) >= 11 is 0. The van der Waals surface area contributed by atoms with Gasteiger partial charge in [0, 0.05) is 38.1 Å². The summed E-state index contributed by atoms with van der Waals surface area (Å²) in [4.78, 5) is 18.0. The molecule has 1 aliphatic rings. The van der Waals surface area contributed by atoms with E-state index in [1.54, 1.807) is 13.1 Å². The van der Waals surface area contributed by atoms with Gasteiger partial charge in [0.2, 0.25) is 20.9 Å². The molecule has 1 saturated heterocycles. The zero-order valence-corrected chi connectivity index (χ0v) is 17.2. The van der Waals surface area contributed by atoms with Crippen molar-refractivity contribution >= 4 is 15.7 Å². The molecule has 0 saturated carbocycles. The van der Waals surface area contributed by atoms with Gasteiger partial charge in [-0.2, -0.15) is 0 Å². The summed E-state index contributed by atoms with van der Waals surface area (Å²) in [5.74, 6) is 0.167. The SMILES string of the molecule is CCCCn1c(CN(CC2CCC(=O)N2)C(C)C)cnc1S(=O)(=O)CC. The van der Waals surface area contributed by atoms with E-state index in [0.29, 0.717) is 19.5 Å². The first-order valence-corrected chi connectivity index (χ1v) is 11.2. The zero-order valence-electron chi connectivity index (χ0n) is 16.4. The van der Waals surface area contributed by atoms with E-state index in [0.717, 1.165) is 31.5 Å². The fraction of sp³-hybridized carbons (Fsp3) is 0.778. The van der Waals surface area contributed by atoms with E-state index in [9.17, 15) is 13.2 Å². The van der Waals surface area contributed by atoms with Crippen LogP contribution in [-0.2, 0) is 27.7 Å². The van der Waals surface area contributed by atoms with Crippen LogP contribution in [0.25, 0.3) is 0 Å². The molecular formula is C18H32N4O3S. The summed E-state index contributed by atoms with van der Waals surface area (Å²) in [7, 11) is -3.35. The van der Waals surface area contributed by atoms with Crippen molar-refractivity contribution in [3.8, 4) is 0 Å². The summed E-state index contributed by atoms with van der Waals surface area (Å²) in [5, 5.41) is 3.20. The number of carbonyl (C=O) groups excluding carboxylic acids is 1. The molecule has 0 aromatic carbocycles. The Kier molecular flexibility index (Phi) is 7.23. The van der Waals surface area contributed by atoms with Crippen LogP contribution in [0.5, 0.6) is 0 Å². The van der Waals surface area contributed by atoms with Gasteiger partial charge in [0.05, 0.1) is 17.6 Å². The van der Waals surface area contributed by atoms with Gasteiger partial charge in [0.15, 0.2) is 0 Å². The molecule has 0 aliphatic carbocycles. The maximum absolute atomic E-state index is 12.4. The third kappa shape index (κ3) is 5.07. The maximum Gasteiger partial charge on any atom is 0.227 e. The molecule has 1 amide bonds. The van der Waals surface area contributed by atoms with Crippen molar-refractivity contribution in [2.75, 3.05) is 12.3 Å². The van der Waals surface area contributed by atoms with Crippen LogP contribution in [0.15, 0.2) is 11.4 Å². The molecule has 1 atom stereocenters. The fourth-order valence-electron chi connectivity index (χ4n) is 3.21. The van der Waals surface area contributed by atoms with Gasteiger partial charge in [-0.1, -0.05) is 20.3 Å². The van der Waals surface area contributed by atoms with E-state index in [2.05, 4.69) is 36.0 Å². The van der Waals surface area contributed by atoms with Crippen molar-refractivity contribution < 1.29 is 13.2 Å². The molecule has 0 spiro atoms. The first kappa shape index (κ1) is 20.9. The van der Waals surface area contributed by atoms with Crippen molar-refractivity contribution in [3.63, 3.8) is 0 Å². The average molecular weight is 385 g/mol. The van der Waals surface area contributed by atoms with Gasteiger partial charge in [-0.05, 0) is 26.7 Å². The van der Waals surface area contributed by atoms with Gasteiger partial charge in [-0.25, -0.2) is 13.4 Å². The molecule has 1 fully saturated rings. The Morgan fingerprint density at radius 3 is 2.65 bits per heavy atom. The summed E-state index contributed by atoms with van der Waals surface area (Å²) in [6.07, 6.45) is 5.04. The fourth-order valence-corrected chi connectivity index (χ4v) is 4.23. The highest BCUT2D eigenvalue weighted by molar-refractivity contribution is 7.91. The Labute approximate surface area is 157 Å². The Morgan fingerprint density at radius 2 is 2.12 bits per heavy atom. The molecule has 2 rings (SSSR count). The highest BCUT2D eigenvalue weighted by atomic mass is 32.2. The summed E-state index contributed by atoms with van der Waals surface area (Å²) in [6.45, 7) is 10.0. The number of aromatic nitrogens is 2. The van der Waals surface area contributed by atoms with Gasteiger partial charge in [0.1, 0.15) is 0 Å². The first-order valence-electron chi connectivity index (χ1n) is 9.59. The van der Waals surface area contributed by atoms with Gasteiger partial charge in [-0.3, -0.25) is 9.69 Å². The Balaban J connectivity index is 2.23. The molecule has 148 valence electrons. The number of sulfone groups is 1. The lowest BCUT2D eigenvalue weighted by Crippen LogP contribution is -2.42. The minimum absolute atomic E-state index is 0.0532. The number of hydrogen-bond donors (Lipinski definition) is 1. The summed E-state index contributed by atoms with van der Waals surface area (Å²) < 4.78 is 26.6. The molecule has 1 aromatic heterocycles. The number of nitrogens with zero attached hydrogens (tertiary/aromatic N) is 3. The topological polar surface area (TPSA) is 84.3 Å². The van der Waals surface area contributed by atoms with Crippen LogP contribution in [0, 0.1) is 0 Å². The Bertz CT molecular complexity index is 712. The van der Waals surface area contributed by atoms with E-state index in [4.69, 9.17) is 0 Å². The lowest BCUT2D eigenvalue weighted by molar-refractivity contribution is -0.119. The molecule has 26 heavy (non-hydrogen) atoms. The lowest BCUT2D eigenvalue weighted by Gasteiger charge is -2.29. The number of rotatable bonds is 10. The highest BCUT2D eigenvalue weighted by Gasteiger charge is 2.26. The second kappa shape index (κ2) is 8.99. The van der Waals surface area contributed by atoms with Gasteiger partial charge >= 0.3 is 0 Å². The Morgan fingerprint density at radius 1 is 1.38 bits per heavy atom.